The van der Waals surface area contributed by atoms with Crippen LogP contribution in [0.4, 0.5) is 11.5 Å². The Morgan fingerprint density at radius 1 is 1.56 bits per heavy atom. The molecule has 1 rings (SSSR count). The lowest BCUT2D eigenvalue weighted by molar-refractivity contribution is -0.384. The van der Waals surface area contributed by atoms with E-state index in [9.17, 15) is 10.1 Å². The Labute approximate surface area is 95.0 Å². The monoisotopic (exact) mass is 223 g/mol. The first-order valence-electron chi connectivity index (χ1n) is 5.43. The smallest absolute Gasteiger partial charge is 0.311 e. The highest BCUT2D eigenvalue weighted by Gasteiger charge is 2.16. The molecule has 0 fully saturated rings. The van der Waals surface area contributed by atoms with Gasteiger partial charge in [-0.3, -0.25) is 10.1 Å². The van der Waals surface area contributed by atoms with Crippen LogP contribution >= 0.6 is 0 Å². The molecule has 1 heterocycles. The van der Waals surface area contributed by atoms with Crippen molar-refractivity contribution in [1.82, 2.24) is 4.98 Å². The molecule has 0 spiro atoms. The Kier molecular flexibility index (Phi) is 4.22. The maximum atomic E-state index is 10.8. The molecule has 5 nitrogen and oxygen atoms in total. The fraction of sp³-hybridized carbons (Fsp3) is 0.545. The Hall–Kier alpha value is -1.65. The molecule has 0 bridgehead atoms. The van der Waals surface area contributed by atoms with Crippen LogP contribution in [0.25, 0.3) is 0 Å². The number of nitro groups is 1. The number of rotatable bonds is 5. The van der Waals surface area contributed by atoms with Crippen LogP contribution in [0.2, 0.25) is 0 Å². The summed E-state index contributed by atoms with van der Waals surface area (Å²) < 4.78 is 0. The quantitative estimate of drug-likeness (QED) is 0.615. The van der Waals surface area contributed by atoms with Gasteiger partial charge in [-0.1, -0.05) is 13.3 Å². The van der Waals surface area contributed by atoms with Crippen molar-refractivity contribution in [2.24, 2.45) is 0 Å². The van der Waals surface area contributed by atoms with Gasteiger partial charge in [-0.05, 0) is 26.3 Å². The number of nitrogens with zero attached hydrogens (tertiary/aromatic N) is 2. The van der Waals surface area contributed by atoms with Crippen molar-refractivity contribution in [1.29, 1.82) is 0 Å². The van der Waals surface area contributed by atoms with Crippen molar-refractivity contribution in [2.45, 2.75) is 39.7 Å². The van der Waals surface area contributed by atoms with Crippen molar-refractivity contribution in [3.8, 4) is 0 Å². The van der Waals surface area contributed by atoms with E-state index in [0.29, 0.717) is 5.82 Å². The Balaban J connectivity index is 2.92. The summed E-state index contributed by atoms with van der Waals surface area (Å²) in [4.78, 5) is 14.6. The van der Waals surface area contributed by atoms with E-state index in [1.165, 1.54) is 6.07 Å². The molecule has 0 saturated heterocycles. The molecule has 0 aliphatic carbocycles. The SMILES string of the molecule is CCCC(C)Nc1nc(C)ccc1[N+](=O)[O-]. The number of pyridine rings is 1. The minimum atomic E-state index is -0.409. The summed E-state index contributed by atoms with van der Waals surface area (Å²) in [7, 11) is 0. The molecular weight excluding hydrogens is 206 g/mol. The molecule has 0 saturated carbocycles. The number of nitrogens with one attached hydrogen (secondary N) is 1. The number of hydrogen-bond donors (Lipinski definition) is 1. The summed E-state index contributed by atoms with van der Waals surface area (Å²) in [5.41, 5.74) is 0.811. The molecule has 0 aromatic carbocycles. The molecule has 1 aromatic heterocycles. The Morgan fingerprint density at radius 3 is 2.81 bits per heavy atom. The van der Waals surface area contributed by atoms with Gasteiger partial charge >= 0.3 is 5.69 Å². The molecular formula is C11H17N3O2. The maximum Gasteiger partial charge on any atom is 0.311 e. The molecule has 0 amide bonds. The van der Waals surface area contributed by atoms with Crippen molar-refractivity contribution in [3.05, 3.63) is 27.9 Å². The molecule has 0 aliphatic heterocycles. The molecule has 1 atom stereocenters. The normalized spacial score (nSPS) is 12.2. The molecule has 1 N–H and O–H groups in total. The zero-order chi connectivity index (χ0) is 12.1. The molecule has 0 aliphatic rings. The van der Waals surface area contributed by atoms with Crippen LogP contribution in [-0.2, 0) is 0 Å². The van der Waals surface area contributed by atoms with Crippen LogP contribution in [0.1, 0.15) is 32.4 Å². The number of aromatic nitrogens is 1. The maximum absolute atomic E-state index is 10.8. The third-order valence-corrected chi connectivity index (χ3v) is 2.31. The highest BCUT2D eigenvalue weighted by Crippen LogP contribution is 2.23. The Bertz CT molecular complexity index is 379. The van der Waals surface area contributed by atoms with Crippen molar-refractivity contribution in [2.75, 3.05) is 5.32 Å². The lowest BCUT2D eigenvalue weighted by Crippen LogP contribution is -2.16. The second kappa shape index (κ2) is 5.44. The van der Waals surface area contributed by atoms with Crippen molar-refractivity contribution in [3.63, 3.8) is 0 Å². The zero-order valence-electron chi connectivity index (χ0n) is 9.86. The van der Waals surface area contributed by atoms with Gasteiger partial charge in [0.1, 0.15) is 0 Å². The fourth-order valence-corrected chi connectivity index (χ4v) is 1.54. The van der Waals surface area contributed by atoms with Crippen LogP contribution in [0, 0.1) is 17.0 Å². The van der Waals surface area contributed by atoms with Crippen LogP contribution < -0.4 is 5.32 Å². The van der Waals surface area contributed by atoms with Gasteiger partial charge in [-0.2, -0.15) is 0 Å². The van der Waals surface area contributed by atoms with Crippen LogP contribution in [0.15, 0.2) is 12.1 Å². The fourth-order valence-electron chi connectivity index (χ4n) is 1.54. The first-order chi connectivity index (χ1) is 7.54. The molecule has 1 unspecified atom stereocenters. The lowest BCUT2D eigenvalue weighted by Gasteiger charge is -2.13. The first-order valence-corrected chi connectivity index (χ1v) is 5.43. The van der Waals surface area contributed by atoms with Crippen molar-refractivity contribution >= 4 is 11.5 Å². The summed E-state index contributed by atoms with van der Waals surface area (Å²) in [6, 6.07) is 3.33. The third kappa shape index (κ3) is 3.18. The number of hydrogen-bond acceptors (Lipinski definition) is 4. The van der Waals surface area contributed by atoms with Gasteiger partial charge in [0.05, 0.1) is 4.92 Å². The van der Waals surface area contributed by atoms with Gasteiger partial charge < -0.3 is 5.32 Å². The highest BCUT2D eigenvalue weighted by atomic mass is 16.6. The average molecular weight is 223 g/mol. The van der Waals surface area contributed by atoms with Gasteiger partial charge in [0, 0.05) is 17.8 Å². The van der Waals surface area contributed by atoms with E-state index in [-0.39, 0.29) is 11.7 Å². The van der Waals surface area contributed by atoms with E-state index in [4.69, 9.17) is 0 Å². The summed E-state index contributed by atoms with van der Waals surface area (Å²) in [6.45, 7) is 5.90. The molecule has 88 valence electrons. The molecule has 5 heteroatoms. The standard InChI is InChI=1S/C11H17N3O2/c1-4-5-8(2)12-11-10(14(15)16)7-6-9(3)13-11/h6-8H,4-5H2,1-3H3,(H,12,13). The predicted molar refractivity (Wildman–Crippen MR) is 63.6 cm³/mol. The Morgan fingerprint density at radius 2 is 2.25 bits per heavy atom. The summed E-state index contributed by atoms with van der Waals surface area (Å²) >= 11 is 0. The minimum absolute atomic E-state index is 0.0357. The summed E-state index contributed by atoms with van der Waals surface area (Å²) in [5, 5.41) is 13.9. The van der Waals surface area contributed by atoms with Gasteiger partial charge in [0.25, 0.3) is 0 Å². The van der Waals surface area contributed by atoms with E-state index in [1.54, 1.807) is 6.07 Å². The number of aryl methyl sites for hydroxylation is 1. The van der Waals surface area contributed by atoms with Gasteiger partial charge in [0.15, 0.2) is 0 Å². The van der Waals surface area contributed by atoms with Crippen LogP contribution in [0.5, 0.6) is 0 Å². The van der Waals surface area contributed by atoms with Gasteiger partial charge in [-0.15, -0.1) is 0 Å². The first kappa shape index (κ1) is 12.4. The second-order valence-electron chi connectivity index (χ2n) is 3.91. The highest BCUT2D eigenvalue weighted by molar-refractivity contribution is 5.56. The van der Waals surface area contributed by atoms with Crippen LogP contribution in [-0.4, -0.2) is 15.9 Å². The second-order valence-corrected chi connectivity index (χ2v) is 3.91. The van der Waals surface area contributed by atoms with E-state index in [0.717, 1.165) is 18.5 Å². The third-order valence-electron chi connectivity index (χ3n) is 2.31. The van der Waals surface area contributed by atoms with E-state index >= 15 is 0 Å². The molecule has 0 radical (unpaired) electrons. The van der Waals surface area contributed by atoms with Gasteiger partial charge in [0.2, 0.25) is 5.82 Å². The lowest BCUT2D eigenvalue weighted by atomic mass is 10.2. The topological polar surface area (TPSA) is 68.1 Å². The summed E-state index contributed by atoms with van der Waals surface area (Å²) in [5.74, 6) is 0.367. The van der Waals surface area contributed by atoms with Crippen LogP contribution in [0.3, 0.4) is 0 Å². The predicted octanol–water partition coefficient (Wildman–Crippen LogP) is 2.90. The van der Waals surface area contributed by atoms with E-state index in [2.05, 4.69) is 17.2 Å². The van der Waals surface area contributed by atoms with Crippen molar-refractivity contribution < 1.29 is 4.92 Å². The largest absolute Gasteiger partial charge is 0.362 e. The van der Waals surface area contributed by atoms with Gasteiger partial charge in [-0.25, -0.2) is 4.98 Å². The summed E-state index contributed by atoms with van der Waals surface area (Å²) in [6.07, 6.45) is 2.00. The van der Waals surface area contributed by atoms with E-state index < -0.39 is 4.92 Å². The molecule has 1 aromatic rings. The average Bonchev–Trinajstić information content (AvgIpc) is 2.17. The number of anilines is 1. The van der Waals surface area contributed by atoms with E-state index in [1.807, 2.05) is 13.8 Å². The zero-order valence-corrected chi connectivity index (χ0v) is 9.86. The molecule has 16 heavy (non-hydrogen) atoms. The minimum Gasteiger partial charge on any atom is -0.362 e.